The van der Waals surface area contributed by atoms with Crippen LogP contribution in [-0.2, 0) is 24.7 Å². The average Bonchev–Trinajstić information content (AvgIpc) is 3.51. The first-order chi connectivity index (χ1) is 18.4. The fraction of sp³-hybridized carbons (Fsp3) is 0.500. The number of aromatic nitrogens is 5. The van der Waals surface area contributed by atoms with Crippen LogP contribution in [0.4, 0.5) is 13.2 Å². The minimum Gasteiger partial charge on any atom is -0.299 e. The molecule has 0 spiro atoms. The molecule has 0 radical (unpaired) electrons. The van der Waals surface area contributed by atoms with Gasteiger partial charge in [-0.05, 0) is 36.7 Å². The van der Waals surface area contributed by atoms with Gasteiger partial charge in [0.25, 0.3) is 10.1 Å². The molecule has 2 aromatic heterocycles. The zero-order valence-electron chi connectivity index (χ0n) is 21.6. The van der Waals surface area contributed by atoms with E-state index in [-0.39, 0.29) is 35.8 Å². The molecule has 39 heavy (non-hydrogen) atoms. The highest BCUT2D eigenvalue weighted by Gasteiger charge is 2.66. The number of carbonyl (C=O) groups excluding carboxylic acids is 1. The molecule has 2 heterocycles. The molecule has 13 heteroatoms. The van der Waals surface area contributed by atoms with E-state index in [9.17, 15) is 17.6 Å². The summed E-state index contributed by atoms with van der Waals surface area (Å²) >= 11 is 0. The summed E-state index contributed by atoms with van der Waals surface area (Å²) in [6, 6.07) is 1.09. The van der Waals surface area contributed by atoms with Gasteiger partial charge >= 0.3 is 0 Å². The van der Waals surface area contributed by atoms with Crippen LogP contribution < -0.4 is 0 Å². The van der Waals surface area contributed by atoms with Crippen LogP contribution in [0.5, 0.6) is 0 Å². The van der Waals surface area contributed by atoms with E-state index in [1.54, 1.807) is 0 Å². The minimum atomic E-state index is -4.62. The maximum absolute atomic E-state index is 15.5. The standard InChI is InChI=1S/C26H28F3N5O4S/c1-4-26(18-6-5-17(27)10-19(18)28,23(34-15-31-14-33-34)22-20(29)11-30-13-32-22)38-39(36,37)12-25-8-7-16(9-21(25)35)24(25,2)3/h5-6,10-11,13-16,23H,4,7-9,12H2,1-3H3/t16?,23?,25-,26?/m0/s1. The van der Waals surface area contributed by atoms with Gasteiger partial charge in [-0.25, -0.2) is 32.8 Å². The summed E-state index contributed by atoms with van der Waals surface area (Å²) in [7, 11) is -4.62. The van der Waals surface area contributed by atoms with Crippen LogP contribution in [0.1, 0.15) is 63.8 Å². The Bertz CT molecular complexity index is 1520. The van der Waals surface area contributed by atoms with Crippen molar-refractivity contribution < 1.29 is 30.6 Å². The molecule has 3 aromatic rings. The Hall–Kier alpha value is -3.19. The topological polar surface area (TPSA) is 117 Å². The second-order valence-corrected chi connectivity index (χ2v) is 12.4. The van der Waals surface area contributed by atoms with E-state index in [2.05, 4.69) is 20.1 Å². The normalized spacial score (nSPS) is 24.6. The van der Waals surface area contributed by atoms with Crippen molar-refractivity contribution in [1.29, 1.82) is 0 Å². The van der Waals surface area contributed by atoms with E-state index in [0.717, 1.165) is 35.7 Å². The number of ketones is 1. The fourth-order valence-electron chi connectivity index (χ4n) is 6.61. The first kappa shape index (κ1) is 27.4. The van der Waals surface area contributed by atoms with Gasteiger partial charge in [0.05, 0.1) is 17.4 Å². The van der Waals surface area contributed by atoms with Crippen LogP contribution in [0, 0.1) is 34.2 Å². The molecule has 0 N–H and O–H groups in total. The number of benzene rings is 1. The number of Topliss-reactive ketones (excluding diaryl/α,β-unsaturated/α-hetero) is 1. The summed E-state index contributed by atoms with van der Waals surface area (Å²) < 4.78 is 79.8. The van der Waals surface area contributed by atoms with Crippen LogP contribution in [0.25, 0.3) is 0 Å². The fourth-order valence-corrected chi connectivity index (χ4v) is 8.70. The predicted octanol–water partition coefficient (Wildman–Crippen LogP) is 4.12. The molecule has 0 saturated heterocycles. The largest absolute Gasteiger partial charge is 0.299 e. The zero-order valence-corrected chi connectivity index (χ0v) is 22.5. The van der Waals surface area contributed by atoms with Crippen molar-refractivity contribution in [2.24, 2.45) is 16.7 Å². The first-order valence-corrected chi connectivity index (χ1v) is 14.2. The maximum Gasteiger partial charge on any atom is 0.269 e. The van der Waals surface area contributed by atoms with Gasteiger partial charge < -0.3 is 0 Å². The van der Waals surface area contributed by atoms with Gasteiger partial charge in [0.15, 0.2) is 5.82 Å². The number of hydrogen-bond donors (Lipinski definition) is 0. The molecule has 0 aliphatic heterocycles. The third-order valence-corrected chi connectivity index (χ3v) is 10.2. The highest BCUT2D eigenvalue weighted by atomic mass is 32.2. The summed E-state index contributed by atoms with van der Waals surface area (Å²) in [5, 5.41) is 4.08. The summed E-state index contributed by atoms with van der Waals surface area (Å²) in [6.07, 6.45) is 5.38. The second-order valence-electron chi connectivity index (χ2n) is 10.9. The van der Waals surface area contributed by atoms with Crippen molar-refractivity contribution in [3.8, 4) is 0 Å². The van der Waals surface area contributed by atoms with Gasteiger partial charge in [-0.15, -0.1) is 0 Å². The van der Waals surface area contributed by atoms with Gasteiger partial charge in [0, 0.05) is 18.1 Å². The van der Waals surface area contributed by atoms with Crippen LogP contribution in [0.3, 0.4) is 0 Å². The van der Waals surface area contributed by atoms with Gasteiger partial charge in [-0.3, -0.25) is 8.98 Å². The van der Waals surface area contributed by atoms with Crippen molar-refractivity contribution >= 4 is 15.9 Å². The minimum absolute atomic E-state index is 0.0451. The van der Waals surface area contributed by atoms with E-state index in [4.69, 9.17) is 4.18 Å². The molecule has 2 bridgehead atoms. The molecular weight excluding hydrogens is 535 g/mol. The van der Waals surface area contributed by atoms with Crippen LogP contribution in [0.15, 0.2) is 43.4 Å². The molecule has 5 rings (SSSR count). The summed E-state index contributed by atoms with van der Waals surface area (Å²) in [5.74, 6) is -3.68. The lowest BCUT2D eigenvalue weighted by molar-refractivity contribution is -0.128. The van der Waals surface area contributed by atoms with Gasteiger partial charge in [0.1, 0.15) is 53.7 Å². The van der Waals surface area contributed by atoms with Crippen molar-refractivity contribution in [2.45, 2.75) is 58.1 Å². The van der Waals surface area contributed by atoms with Crippen molar-refractivity contribution in [3.63, 3.8) is 0 Å². The SMILES string of the molecule is CCC(OS(=O)(=O)C[C@@]12CCC(CC1=O)C2(C)C)(c1ccc(F)cc1F)C(c1ncncc1F)n1cncn1. The molecule has 1 aromatic carbocycles. The third kappa shape index (κ3) is 4.26. The Morgan fingerprint density at radius 2 is 1.95 bits per heavy atom. The lowest BCUT2D eigenvalue weighted by atomic mass is 9.70. The highest BCUT2D eigenvalue weighted by molar-refractivity contribution is 7.86. The van der Waals surface area contributed by atoms with Gasteiger partial charge in [-0.1, -0.05) is 26.8 Å². The molecule has 2 aliphatic rings. The van der Waals surface area contributed by atoms with E-state index >= 15 is 8.78 Å². The monoisotopic (exact) mass is 563 g/mol. The molecule has 2 fully saturated rings. The molecule has 208 valence electrons. The Balaban J connectivity index is 1.71. The Kier molecular flexibility index (Phi) is 6.65. The molecule has 4 atom stereocenters. The number of hydrogen-bond acceptors (Lipinski definition) is 8. The molecule has 2 saturated carbocycles. The predicted molar refractivity (Wildman–Crippen MR) is 132 cm³/mol. The van der Waals surface area contributed by atoms with Gasteiger partial charge in [-0.2, -0.15) is 13.5 Å². The molecule has 2 aliphatic carbocycles. The zero-order chi connectivity index (χ0) is 28.2. The van der Waals surface area contributed by atoms with Crippen molar-refractivity contribution in [3.05, 3.63) is 72.1 Å². The van der Waals surface area contributed by atoms with Crippen molar-refractivity contribution in [2.75, 3.05) is 5.75 Å². The van der Waals surface area contributed by atoms with E-state index in [1.165, 1.54) is 13.3 Å². The van der Waals surface area contributed by atoms with Crippen molar-refractivity contribution in [1.82, 2.24) is 24.7 Å². The number of carbonyl (C=O) groups is 1. The van der Waals surface area contributed by atoms with Crippen LogP contribution >= 0.6 is 0 Å². The van der Waals surface area contributed by atoms with E-state index < -0.39 is 55.8 Å². The third-order valence-electron chi connectivity index (χ3n) is 8.85. The quantitative estimate of drug-likeness (QED) is 0.357. The van der Waals surface area contributed by atoms with E-state index in [1.807, 2.05) is 13.8 Å². The number of rotatable bonds is 9. The lowest BCUT2D eigenvalue weighted by Gasteiger charge is -2.41. The van der Waals surface area contributed by atoms with Crippen LogP contribution in [-0.4, -0.2) is 44.7 Å². The highest BCUT2D eigenvalue weighted by Crippen LogP contribution is 2.64. The Labute approximate surface area is 224 Å². The van der Waals surface area contributed by atoms with Gasteiger partial charge in [0.2, 0.25) is 0 Å². The number of nitrogens with zero attached hydrogens (tertiary/aromatic N) is 5. The summed E-state index contributed by atoms with van der Waals surface area (Å²) in [5.41, 5.74) is -4.68. The molecular formula is C26H28F3N5O4S. The number of halogens is 3. The average molecular weight is 564 g/mol. The van der Waals surface area contributed by atoms with E-state index in [0.29, 0.717) is 18.9 Å². The first-order valence-electron chi connectivity index (χ1n) is 12.6. The lowest BCUT2D eigenvalue weighted by Crippen LogP contribution is -2.47. The smallest absolute Gasteiger partial charge is 0.269 e. The summed E-state index contributed by atoms with van der Waals surface area (Å²) in [4.78, 5) is 24.7. The summed E-state index contributed by atoms with van der Waals surface area (Å²) in [6.45, 7) is 5.29. The molecule has 0 amide bonds. The number of fused-ring (bicyclic) bond motifs is 2. The second kappa shape index (κ2) is 9.47. The molecule has 9 nitrogen and oxygen atoms in total. The molecule has 3 unspecified atom stereocenters. The maximum atomic E-state index is 15.5. The Morgan fingerprint density at radius 3 is 2.51 bits per heavy atom. The van der Waals surface area contributed by atoms with Crippen LogP contribution in [0.2, 0.25) is 0 Å². The Morgan fingerprint density at radius 1 is 1.18 bits per heavy atom.